The molecule has 2 aliphatic rings. The molecule has 0 heterocycles. The molecule has 0 spiro atoms. The summed E-state index contributed by atoms with van der Waals surface area (Å²) in [6.07, 6.45) is 6.13. The van der Waals surface area contributed by atoms with Crippen molar-refractivity contribution in [3.63, 3.8) is 0 Å². The Morgan fingerprint density at radius 1 is 1.44 bits per heavy atom. The first-order chi connectivity index (χ1) is 12.6. The van der Waals surface area contributed by atoms with E-state index in [-0.39, 0.29) is 35.7 Å². The molecule has 2 rings (SSSR count). The summed E-state index contributed by atoms with van der Waals surface area (Å²) in [6, 6.07) is 0. The molecule has 1 N–H and O–H groups in total. The van der Waals surface area contributed by atoms with Gasteiger partial charge in [-0.2, -0.15) is 0 Å². The number of esters is 1. The van der Waals surface area contributed by atoms with Crippen molar-refractivity contribution in [3.8, 4) is 0 Å². The number of carbonyl (C=O) groups excluding carboxylic acids is 2. The van der Waals surface area contributed by atoms with Crippen molar-refractivity contribution in [2.75, 3.05) is 20.2 Å². The molecule has 6 heteroatoms. The highest BCUT2D eigenvalue weighted by atomic mass is 16.5. The summed E-state index contributed by atoms with van der Waals surface area (Å²) < 4.78 is 10.2. The number of fused-ring (bicyclic) bond motifs is 1. The van der Waals surface area contributed by atoms with Gasteiger partial charge in [0.2, 0.25) is 0 Å². The largest absolute Gasteiger partial charge is 0.457 e. The minimum Gasteiger partial charge on any atom is -0.457 e. The van der Waals surface area contributed by atoms with Crippen LogP contribution in [0.15, 0.2) is 11.6 Å². The Kier molecular flexibility index (Phi) is 6.95. The van der Waals surface area contributed by atoms with Crippen LogP contribution < -0.4 is 0 Å². The Morgan fingerprint density at radius 3 is 2.67 bits per heavy atom. The molecule has 1 fully saturated rings. The molecule has 1 saturated carbocycles. The number of ether oxygens (including phenoxy) is 2. The summed E-state index contributed by atoms with van der Waals surface area (Å²) in [4.78, 5) is 25.0. The summed E-state index contributed by atoms with van der Waals surface area (Å²) in [6.45, 7) is 10.5. The fourth-order valence-electron chi connectivity index (χ4n) is 4.55. The van der Waals surface area contributed by atoms with Gasteiger partial charge in [-0.1, -0.05) is 19.9 Å². The Balaban J connectivity index is 2.25. The van der Waals surface area contributed by atoms with Gasteiger partial charge in [0.05, 0.1) is 19.1 Å². The summed E-state index contributed by atoms with van der Waals surface area (Å²) in [5.74, 6) is -0.0853. The lowest BCUT2D eigenvalue weighted by Gasteiger charge is -2.52. The Labute approximate surface area is 162 Å². The van der Waals surface area contributed by atoms with E-state index in [9.17, 15) is 14.7 Å². The molecular formula is C21H33NO5. The minimum absolute atomic E-state index is 0.0243. The van der Waals surface area contributed by atoms with Crippen LogP contribution in [-0.2, 0) is 14.3 Å². The molecule has 152 valence electrons. The summed E-state index contributed by atoms with van der Waals surface area (Å²) in [5, 5.41) is 11.5. The van der Waals surface area contributed by atoms with Gasteiger partial charge in [0, 0.05) is 25.9 Å². The normalized spacial score (nSPS) is 34.1. The molecule has 2 aliphatic carbocycles. The average molecular weight is 379 g/mol. The van der Waals surface area contributed by atoms with Gasteiger partial charge in [-0.25, -0.2) is 4.79 Å². The first kappa shape index (κ1) is 21.7. The van der Waals surface area contributed by atoms with Gasteiger partial charge in [-0.3, -0.25) is 4.79 Å². The van der Waals surface area contributed by atoms with E-state index in [2.05, 4.69) is 19.4 Å². The van der Waals surface area contributed by atoms with Crippen molar-refractivity contribution in [3.05, 3.63) is 18.1 Å². The van der Waals surface area contributed by atoms with E-state index >= 15 is 0 Å². The van der Waals surface area contributed by atoms with E-state index in [0.29, 0.717) is 13.1 Å². The maximum Gasteiger partial charge on any atom is 0.409 e. The Bertz CT molecular complexity index is 589. The van der Waals surface area contributed by atoms with Gasteiger partial charge in [0.1, 0.15) is 6.10 Å². The van der Waals surface area contributed by atoms with Crippen LogP contribution in [0.5, 0.6) is 0 Å². The third-order valence-corrected chi connectivity index (χ3v) is 6.21. The third-order valence-electron chi connectivity index (χ3n) is 6.21. The number of amides is 1. The fraction of sp³-hybridized carbons (Fsp3) is 0.762. The second-order valence-electron chi connectivity index (χ2n) is 8.02. The van der Waals surface area contributed by atoms with E-state index < -0.39 is 11.7 Å². The monoisotopic (exact) mass is 379 g/mol. The van der Waals surface area contributed by atoms with E-state index in [4.69, 9.17) is 9.47 Å². The van der Waals surface area contributed by atoms with Gasteiger partial charge in [0.25, 0.3) is 0 Å². The van der Waals surface area contributed by atoms with Gasteiger partial charge in [-0.05, 0) is 50.0 Å². The Hall–Kier alpha value is -1.56. The smallest absolute Gasteiger partial charge is 0.409 e. The van der Waals surface area contributed by atoms with Gasteiger partial charge < -0.3 is 19.5 Å². The minimum atomic E-state index is -1.14. The van der Waals surface area contributed by atoms with Crippen LogP contribution in [-0.4, -0.2) is 54.0 Å². The van der Waals surface area contributed by atoms with Crippen molar-refractivity contribution in [1.29, 1.82) is 0 Å². The predicted octanol–water partition coefficient (Wildman–Crippen LogP) is 3.08. The van der Waals surface area contributed by atoms with Crippen molar-refractivity contribution in [2.24, 2.45) is 23.7 Å². The molecule has 0 saturated heterocycles. The lowest BCUT2D eigenvalue weighted by atomic mass is 9.57. The SMILES string of the molecule is CCN(C[C@@H](C)[C@@H]1CC[C@@H](C)[C@]2(O)[C][C@@H](OC(C)=O)C(C)=C[C@H]12)C(=O)OC. The first-order valence-corrected chi connectivity index (χ1v) is 9.82. The zero-order valence-corrected chi connectivity index (χ0v) is 17.3. The number of carbonyl (C=O) groups is 2. The van der Waals surface area contributed by atoms with Crippen LogP contribution in [0.4, 0.5) is 4.79 Å². The van der Waals surface area contributed by atoms with Crippen LogP contribution in [0.2, 0.25) is 0 Å². The second-order valence-corrected chi connectivity index (χ2v) is 8.02. The van der Waals surface area contributed by atoms with Crippen LogP contribution in [0.1, 0.15) is 47.5 Å². The highest BCUT2D eigenvalue weighted by molar-refractivity contribution is 5.67. The van der Waals surface area contributed by atoms with E-state index in [0.717, 1.165) is 18.4 Å². The second kappa shape index (κ2) is 8.63. The van der Waals surface area contributed by atoms with Crippen LogP contribution in [0.3, 0.4) is 0 Å². The molecule has 0 aromatic carbocycles. The number of rotatable bonds is 5. The number of hydrogen-bond donors (Lipinski definition) is 1. The van der Waals surface area contributed by atoms with Gasteiger partial charge in [-0.15, -0.1) is 0 Å². The van der Waals surface area contributed by atoms with Crippen LogP contribution in [0, 0.1) is 30.1 Å². The molecule has 6 nitrogen and oxygen atoms in total. The van der Waals surface area contributed by atoms with Crippen LogP contribution in [0.25, 0.3) is 0 Å². The van der Waals surface area contributed by atoms with E-state index in [1.54, 1.807) is 4.90 Å². The number of hydrogen-bond acceptors (Lipinski definition) is 5. The molecule has 6 atom stereocenters. The predicted molar refractivity (Wildman–Crippen MR) is 102 cm³/mol. The lowest BCUT2D eigenvalue weighted by molar-refractivity contribution is -0.148. The molecule has 27 heavy (non-hydrogen) atoms. The molecule has 0 aromatic rings. The zero-order valence-electron chi connectivity index (χ0n) is 17.3. The first-order valence-electron chi connectivity index (χ1n) is 9.82. The molecule has 0 aliphatic heterocycles. The maximum atomic E-state index is 11.9. The molecule has 2 radical (unpaired) electrons. The van der Waals surface area contributed by atoms with Gasteiger partial charge >= 0.3 is 12.1 Å². The highest BCUT2D eigenvalue weighted by Gasteiger charge is 2.53. The summed E-state index contributed by atoms with van der Waals surface area (Å²) in [5.41, 5.74) is -0.245. The molecular weight excluding hydrogens is 346 g/mol. The molecule has 0 aromatic heterocycles. The zero-order chi connectivity index (χ0) is 20.4. The standard InChI is InChI=1S/C21H33NO5/c1-7-22(20(24)26-6)12-14(3)17-9-8-15(4)21(25)11-19(27-16(5)23)13(2)10-18(17)21/h10,14-15,17-19,25H,7-9,12H2,1-6H3/t14-,15-,17+,18-,19-,21-/m1/s1. The maximum absolute atomic E-state index is 11.9. The molecule has 1 amide bonds. The van der Waals surface area contributed by atoms with Crippen molar-refractivity contribution in [1.82, 2.24) is 4.90 Å². The average Bonchev–Trinajstić information content (AvgIpc) is 2.61. The van der Waals surface area contributed by atoms with E-state index in [1.807, 2.05) is 20.8 Å². The topological polar surface area (TPSA) is 76.1 Å². The number of aliphatic hydroxyl groups is 1. The fourth-order valence-corrected chi connectivity index (χ4v) is 4.55. The highest BCUT2D eigenvalue weighted by Crippen LogP contribution is 2.50. The molecule has 0 bridgehead atoms. The van der Waals surface area contributed by atoms with Crippen molar-refractivity contribution >= 4 is 12.1 Å². The van der Waals surface area contributed by atoms with Crippen LogP contribution >= 0.6 is 0 Å². The summed E-state index contributed by atoms with van der Waals surface area (Å²) in [7, 11) is 1.39. The third kappa shape index (κ3) is 4.48. The lowest BCUT2D eigenvalue weighted by Crippen LogP contribution is -2.56. The van der Waals surface area contributed by atoms with Gasteiger partial charge in [0.15, 0.2) is 0 Å². The summed E-state index contributed by atoms with van der Waals surface area (Å²) >= 11 is 0. The molecule has 0 unspecified atom stereocenters. The number of nitrogens with zero attached hydrogens (tertiary/aromatic N) is 1. The van der Waals surface area contributed by atoms with Crippen molar-refractivity contribution in [2.45, 2.75) is 59.2 Å². The van der Waals surface area contributed by atoms with Crippen molar-refractivity contribution < 1.29 is 24.2 Å². The quantitative estimate of drug-likeness (QED) is 0.587. The number of methoxy groups -OCH3 is 1. The Morgan fingerprint density at radius 2 is 2.11 bits per heavy atom. The van der Waals surface area contributed by atoms with E-state index in [1.165, 1.54) is 14.0 Å².